The molecule has 1 saturated heterocycles. The Labute approximate surface area is 156 Å². The normalized spacial score (nSPS) is 34.8. The molecule has 142 valence electrons. The Balaban J connectivity index is 1.40. The van der Waals surface area contributed by atoms with Crippen molar-refractivity contribution in [3.63, 3.8) is 0 Å². The number of fused-ring (bicyclic) bond motifs is 2. The molecule has 1 heterocycles. The van der Waals surface area contributed by atoms with E-state index in [1.54, 1.807) is 0 Å². The zero-order valence-corrected chi connectivity index (χ0v) is 16.2. The first-order valence-corrected chi connectivity index (χ1v) is 10.1. The van der Waals surface area contributed by atoms with Crippen LogP contribution in [-0.2, 0) is 4.74 Å². The molecule has 4 unspecified atom stereocenters. The molecule has 26 heavy (non-hydrogen) atoms. The number of ether oxygens (including phenoxy) is 2. The van der Waals surface area contributed by atoms with E-state index in [1.165, 1.54) is 12.8 Å². The minimum atomic E-state index is 0.0159. The Morgan fingerprint density at radius 1 is 1.31 bits per heavy atom. The van der Waals surface area contributed by atoms with Gasteiger partial charge >= 0.3 is 0 Å². The quantitative estimate of drug-likeness (QED) is 0.859. The molecule has 2 saturated carbocycles. The molecule has 1 N–H and O–H groups in total. The summed E-state index contributed by atoms with van der Waals surface area (Å²) >= 11 is 0. The van der Waals surface area contributed by atoms with Gasteiger partial charge in [-0.25, -0.2) is 0 Å². The van der Waals surface area contributed by atoms with E-state index >= 15 is 0 Å². The van der Waals surface area contributed by atoms with E-state index in [4.69, 9.17) is 9.47 Å². The Kier molecular flexibility index (Phi) is 4.50. The topological polar surface area (TPSA) is 47.6 Å². The molecule has 1 aromatic rings. The van der Waals surface area contributed by atoms with Gasteiger partial charge in [0.25, 0.3) is 5.91 Å². The van der Waals surface area contributed by atoms with Crippen molar-refractivity contribution in [1.82, 2.24) is 5.32 Å². The van der Waals surface area contributed by atoms with Crippen molar-refractivity contribution in [3.8, 4) is 5.75 Å². The molecule has 4 heteroatoms. The van der Waals surface area contributed by atoms with Gasteiger partial charge in [0.1, 0.15) is 12.4 Å². The summed E-state index contributed by atoms with van der Waals surface area (Å²) < 4.78 is 11.4. The maximum atomic E-state index is 12.9. The van der Waals surface area contributed by atoms with Crippen molar-refractivity contribution in [1.29, 1.82) is 0 Å². The molecular formula is C22H31NO3. The molecular weight excluding hydrogens is 326 g/mol. The third kappa shape index (κ3) is 2.92. The largest absolute Gasteiger partial charge is 0.491 e. The van der Waals surface area contributed by atoms with E-state index in [2.05, 4.69) is 26.1 Å². The fourth-order valence-corrected chi connectivity index (χ4v) is 5.36. The van der Waals surface area contributed by atoms with E-state index in [9.17, 15) is 4.79 Å². The van der Waals surface area contributed by atoms with Crippen LogP contribution in [0.5, 0.6) is 5.75 Å². The lowest BCUT2D eigenvalue weighted by molar-refractivity contribution is 0.0678. The van der Waals surface area contributed by atoms with Crippen LogP contribution in [0.15, 0.2) is 24.3 Å². The minimum absolute atomic E-state index is 0.0159. The van der Waals surface area contributed by atoms with Crippen LogP contribution in [0.1, 0.15) is 63.2 Å². The second-order valence-corrected chi connectivity index (χ2v) is 9.11. The van der Waals surface area contributed by atoms with Crippen molar-refractivity contribution in [2.45, 2.75) is 65.0 Å². The SMILES string of the molecule is CC1(C)C2CCC1(C)C(NC(=O)c1cccc(OCC3CCCO3)c1)C2. The van der Waals surface area contributed by atoms with Crippen LogP contribution >= 0.6 is 0 Å². The van der Waals surface area contributed by atoms with Crippen LogP contribution in [0.2, 0.25) is 0 Å². The molecule has 3 fully saturated rings. The van der Waals surface area contributed by atoms with Crippen molar-refractivity contribution in [3.05, 3.63) is 29.8 Å². The lowest BCUT2D eigenvalue weighted by Crippen LogP contribution is -2.46. The van der Waals surface area contributed by atoms with Gasteiger partial charge in [-0.05, 0) is 67.1 Å². The Morgan fingerprint density at radius 2 is 2.15 bits per heavy atom. The lowest BCUT2D eigenvalue weighted by Gasteiger charge is -2.39. The third-order valence-corrected chi connectivity index (χ3v) is 7.66. The predicted octanol–water partition coefficient (Wildman–Crippen LogP) is 4.19. The van der Waals surface area contributed by atoms with Crippen molar-refractivity contribution < 1.29 is 14.3 Å². The third-order valence-electron chi connectivity index (χ3n) is 7.66. The van der Waals surface area contributed by atoms with Crippen molar-refractivity contribution >= 4 is 5.91 Å². The average Bonchev–Trinajstić information content (AvgIpc) is 3.26. The van der Waals surface area contributed by atoms with Crippen molar-refractivity contribution in [2.75, 3.05) is 13.2 Å². The van der Waals surface area contributed by atoms with E-state index < -0.39 is 0 Å². The summed E-state index contributed by atoms with van der Waals surface area (Å²) in [4.78, 5) is 12.9. The zero-order chi connectivity index (χ0) is 18.4. The number of nitrogens with one attached hydrogen (secondary N) is 1. The van der Waals surface area contributed by atoms with Gasteiger partial charge in [0, 0.05) is 18.2 Å². The highest BCUT2D eigenvalue weighted by Crippen LogP contribution is 2.65. The molecule has 0 radical (unpaired) electrons. The minimum Gasteiger partial charge on any atom is -0.491 e. The summed E-state index contributed by atoms with van der Waals surface area (Å²) in [5.41, 5.74) is 1.18. The van der Waals surface area contributed by atoms with Gasteiger partial charge in [-0.2, -0.15) is 0 Å². The van der Waals surface area contributed by atoms with E-state index in [1.807, 2.05) is 24.3 Å². The Bertz CT molecular complexity index is 680. The number of carbonyl (C=O) groups is 1. The Morgan fingerprint density at radius 3 is 2.81 bits per heavy atom. The molecule has 2 bridgehead atoms. The zero-order valence-electron chi connectivity index (χ0n) is 16.2. The molecule has 4 nitrogen and oxygen atoms in total. The van der Waals surface area contributed by atoms with E-state index in [0.29, 0.717) is 17.6 Å². The van der Waals surface area contributed by atoms with Gasteiger partial charge in [0.15, 0.2) is 0 Å². The summed E-state index contributed by atoms with van der Waals surface area (Å²) in [6, 6.07) is 7.79. The molecule has 4 rings (SSSR count). The summed E-state index contributed by atoms with van der Waals surface area (Å²) in [5.74, 6) is 1.48. The smallest absolute Gasteiger partial charge is 0.251 e. The summed E-state index contributed by atoms with van der Waals surface area (Å²) in [6.07, 6.45) is 5.95. The second kappa shape index (κ2) is 6.56. The number of benzene rings is 1. The molecule has 4 atom stereocenters. The summed E-state index contributed by atoms with van der Waals surface area (Å²) in [7, 11) is 0. The second-order valence-electron chi connectivity index (χ2n) is 9.11. The first-order chi connectivity index (χ1) is 12.4. The molecule has 1 amide bonds. The fraction of sp³-hybridized carbons (Fsp3) is 0.682. The van der Waals surface area contributed by atoms with Crippen LogP contribution in [0.25, 0.3) is 0 Å². The number of hydrogen-bond donors (Lipinski definition) is 1. The highest BCUT2D eigenvalue weighted by molar-refractivity contribution is 5.94. The Hall–Kier alpha value is -1.55. The van der Waals surface area contributed by atoms with E-state index in [0.717, 1.165) is 37.5 Å². The molecule has 3 aliphatic rings. The monoisotopic (exact) mass is 357 g/mol. The highest BCUT2D eigenvalue weighted by Gasteiger charge is 2.61. The van der Waals surface area contributed by atoms with Gasteiger partial charge in [0.05, 0.1) is 6.10 Å². The molecule has 1 aromatic carbocycles. The fourth-order valence-electron chi connectivity index (χ4n) is 5.36. The van der Waals surface area contributed by atoms with Gasteiger partial charge in [-0.3, -0.25) is 4.79 Å². The highest BCUT2D eigenvalue weighted by atomic mass is 16.5. The number of amides is 1. The summed E-state index contributed by atoms with van der Waals surface area (Å²) in [5, 5.41) is 3.33. The molecule has 0 aromatic heterocycles. The van der Waals surface area contributed by atoms with Crippen LogP contribution in [0.4, 0.5) is 0 Å². The van der Waals surface area contributed by atoms with Crippen molar-refractivity contribution in [2.24, 2.45) is 16.7 Å². The maximum Gasteiger partial charge on any atom is 0.251 e. The van der Waals surface area contributed by atoms with Gasteiger partial charge in [-0.1, -0.05) is 26.8 Å². The van der Waals surface area contributed by atoms with Gasteiger partial charge in [-0.15, -0.1) is 0 Å². The number of carbonyl (C=O) groups excluding carboxylic acids is 1. The van der Waals surface area contributed by atoms with Crippen LogP contribution in [0.3, 0.4) is 0 Å². The first kappa shape index (κ1) is 17.8. The standard InChI is InChI=1S/C22H31NO3/c1-21(2)16-9-10-22(21,3)19(13-16)23-20(24)15-6-4-7-17(12-15)26-14-18-8-5-11-25-18/h4,6-7,12,16,18-19H,5,8-11,13-14H2,1-3H3,(H,23,24). The molecule has 0 spiro atoms. The van der Waals surface area contributed by atoms with E-state index in [-0.39, 0.29) is 23.5 Å². The first-order valence-electron chi connectivity index (χ1n) is 10.1. The van der Waals surface area contributed by atoms with Crippen LogP contribution < -0.4 is 10.1 Å². The lowest BCUT2D eigenvalue weighted by atomic mass is 9.69. The van der Waals surface area contributed by atoms with Crippen LogP contribution in [-0.4, -0.2) is 31.3 Å². The molecule has 1 aliphatic heterocycles. The number of rotatable bonds is 5. The number of hydrogen-bond acceptors (Lipinski definition) is 3. The maximum absolute atomic E-state index is 12.9. The van der Waals surface area contributed by atoms with Gasteiger partial charge in [0.2, 0.25) is 0 Å². The average molecular weight is 357 g/mol. The van der Waals surface area contributed by atoms with Gasteiger partial charge < -0.3 is 14.8 Å². The summed E-state index contributed by atoms with van der Waals surface area (Å²) in [6.45, 7) is 8.48. The predicted molar refractivity (Wildman–Crippen MR) is 101 cm³/mol. The van der Waals surface area contributed by atoms with Crippen LogP contribution in [0, 0.1) is 16.7 Å². The molecule has 2 aliphatic carbocycles.